The number of anilines is 1. The van der Waals surface area contributed by atoms with Gasteiger partial charge in [0.2, 0.25) is 0 Å². The number of nitro groups is 1. The Bertz CT molecular complexity index is 679. The second-order valence-corrected chi connectivity index (χ2v) is 4.05. The minimum atomic E-state index is -0.689. The Morgan fingerprint density at radius 2 is 2.00 bits per heavy atom. The number of hydrogen-bond donors (Lipinski definition) is 1. The maximum absolute atomic E-state index is 11.9. The van der Waals surface area contributed by atoms with Crippen LogP contribution < -0.4 is 11.3 Å². The van der Waals surface area contributed by atoms with Crippen LogP contribution in [0.15, 0.2) is 35.1 Å². The van der Waals surface area contributed by atoms with Crippen molar-refractivity contribution in [2.24, 2.45) is 0 Å². The molecule has 2 N–H and O–H groups in total. The Morgan fingerprint density at radius 1 is 1.37 bits per heavy atom. The molecule has 0 aliphatic heterocycles. The zero-order valence-corrected chi connectivity index (χ0v) is 10.2. The average Bonchev–Trinajstić information content (AvgIpc) is 2.36. The molecular weight excluding hydrogens is 248 g/mol. The number of nitrogen functional groups attached to an aromatic ring is 1. The van der Waals surface area contributed by atoms with Gasteiger partial charge in [0.05, 0.1) is 11.5 Å². The number of nitrogens with two attached hydrogens (primary N) is 1. The summed E-state index contributed by atoms with van der Waals surface area (Å²) in [6, 6.07) is 9.20. The summed E-state index contributed by atoms with van der Waals surface area (Å²) < 4.78 is 1.13. The summed E-state index contributed by atoms with van der Waals surface area (Å²) in [6.07, 6.45) is 0. The van der Waals surface area contributed by atoms with Crippen molar-refractivity contribution < 1.29 is 4.92 Å². The van der Waals surface area contributed by atoms with E-state index in [1.54, 1.807) is 0 Å². The SMILES string of the molecule is Cc1nn(Cc2ccccc2)c(=O)c(N)c1[N+](=O)[O-]. The van der Waals surface area contributed by atoms with Gasteiger partial charge < -0.3 is 5.73 Å². The van der Waals surface area contributed by atoms with Gasteiger partial charge in [-0.3, -0.25) is 14.9 Å². The highest BCUT2D eigenvalue weighted by atomic mass is 16.6. The van der Waals surface area contributed by atoms with Gasteiger partial charge in [-0.05, 0) is 12.5 Å². The molecule has 1 aromatic heterocycles. The van der Waals surface area contributed by atoms with Crippen molar-refractivity contribution in [2.75, 3.05) is 5.73 Å². The van der Waals surface area contributed by atoms with Crippen LogP contribution in [-0.2, 0) is 6.54 Å². The van der Waals surface area contributed by atoms with Gasteiger partial charge in [0.1, 0.15) is 5.69 Å². The van der Waals surface area contributed by atoms with E-state index in [1.165, 1.54) is 6.92 Å². The second kappa shape index (κ2) is 4.89. The Kier molecular flexibility index (Phi) is 3.28. The fraction of sp³-hybridized carbons (Fsp3) is 0.167. The van der Waals surface area contributed by atoms with Crippen LogP contribution >= 0.6 is 0 Å². The molecule has 0 saturated carbocycles. The first-order valence-corrected chi connectivity index (χ1v) is 5.56. The largest absolute Gasteiger partial charge is 0.389 e. The molecular formula is C12H12N4O3. The standard InChI is InChI=1S/C12H12N4O3/c1-8-11(16(18)19)10(13)12(17)15(14-8)7-9-5-3-2-4-6-9/h2-6H,7,13H2,1H3. The minimum Gasteiger partial charge on any atom is -0.389 e. The number of nitrogens with zero attached hydrogens (tertiary/aromatic N) is 3. The Morgan fingerprint density at radius 3 is 2.58 bits per heavy atom. The summed E-state index contributed by atoms with van der Waals surface area (Å²) >= 11 is 0. The lowest BCUT2D eigenvalue weighted by Gasteiger charge is -2.07. The van der Waals surface area contributed by atoms with E-state index in [0.717, 1.165) is 10.2 Å². The lowest BCUT2D eigenvalue weighted by molar-refractivity contribution is -0.385. The molecule has 7 nitrogen and oxygen atoms in total. The Labute approximate surface area is 108 Å². The minimum absolute atomic E-state index is 0.123. The summed E-state index contributed by atoms with van der Waals surface area (Å²) in [4.78, 5) is 22.0. The number of benzene rings is 1. The lowest BCUT2D eigenvalue weighted by atomic mass is 10.2. The third-order valence-electron chi connectivity index (χ3n) is 2.69. The molecule has 7 heteroatoms. The van der Waals surface area contributed by atoms with Gasteiger partial charge in [0, 0.05) is 0 Å². The normalized spacial score (nSPS) is 10.4. The number of aryl methyl sites for hydroxylation is 1. The molecule has 19 heavy (non-hydrogen) atoms. The predicted molar refractivity (Wildman–Crippen MR) is 69.8 cm³/mol. The fourth-order valence-corrected chi connectivity index (χ4v) is 1.80. The summed E-state index contributed by atoms with van der Waals surface area (Å²) in [5.74, 6) is 0. The zero-order chi connectivity index (χ0) is 14.0. The molecule has 0 atom stereocenters. The van der Waals surface area contributed by atoms with E-state index in [4.69, 9.17) is 5.73 Å². The van der Waals surface area contributed by atoms with Crippen molar-refractivity contribution >= 4 is 11.4 Å². The van der Waals surface area contributed by atoms with Gasteiger partial charge in [0.25, 0.3) is 5.56 Å². The van der Waals surface area contributed by atoms with E-state index in [-0.39, 0.29) is 17.9 Å². The molecule has 2 aromatic rings. The molecule has 0 radical (unpaired) electrons. The second-order valence-electron chi connectivity index (χ2n) is 4.05. The van der Waals surface area contributed by atoms with E-state index in [0.29, 0.717) is 0 Å². The number of hydrogen-bond acceptors (Lipinski definition) is 5. The van der Waals surface area contributed by atoms with Gasteiger partial charge in [-0.15, -0.1) is 0 Å². The molecule has 0 aliphatic carbocycles. The maximum atomic E-state index is 11.9. The molecule has 2 rings (SSSR count). The van der Waals surface area contributed by atoms with Crippen molar-refractivity contribution in [2.45, 2.75) is 13.5 Å². The van der Waals surface area contributed by atoms with Crippen LogP contribution in [0.4, 0.5) is 11.4 Å². The molecule has 0 fully saturated rings. The van der Waals surface area contributed by atoms with Crippen LogP contribution in [-0.4, -0.2) is 14.7 Å². The van der Waals surface area contributed by atoms with Gasteiger partial charge in [-0.1, -0.05) is 30.3 Å². The molecule has 0 aliphatic rings. The van der Waals surface area contributed by atoms with E-state index >= 15 is 0 Å². The molecule has 1 heterocycles. The third kappa shape index (κ3) is 2.44. The molecule has 0 saturated heterocycles. The quantitative estimate of drug-likeness (QED) is 0.657. The van der Waals surface area contributed by atoms with Gasteiger partial charge >= 0.3 is 5.69 Å². The lowest BCUT2D eigenvalue weighted by Crippen LogP contribution is -2.28. The number of rotatable bonds is 3. The fourth-order valence-electron chi connectivity index (χ4n) is 1.80. The monoisotopic (exact) mass is 260 g/mol. The predicted octanol–water partition coefficient (Wildman–Crippen LogP) is 1.09. The Balaban J connectivity index is 2.50. The molecule has 0 amide bonds. The van der Waals surface area contributed by atoms with E-state index in [1.807, 2.05) is 30.3 Å². The highest BCUT2D eigenvalue weighted by molar-refractivity contribution is 5.58. The topological polar surface area (TPSA) is 104 Å². The van der Waals surface area contributed by atoms with Crippen LogP contribution in [0.1, 0.15) is 11.3 Å². The van der Waals surface area contributed by atoms with Crippen molar-refractivity contribution in [3.63, 3.8) is 0 Å². The van der Waals surface area contributed by atoms with Crippen LogP contribution in [0.25, 0.3) is 0 Å². The van der Waals surface area contributed by atoms with Crippen molar-refractivity contribution in [3.05, 3.63) is 62.1 Å². The summed E-state index contributed by atoms with van der Waals surface area (Å²) in [5.41, 5.74) is 5.06. The first-order valence-electron chi connectivity index (χ1n) is 5.56. The molecule has 1 aromatic carbocycles. The molecule has 0 bridgehead atoms. The summed E-state index contributed by atoms with van der Waals surface area (Å²) in [7, 11) is 0. The average molecular weight is 260 g/mol. The van der Waals surface area contributed by atoms with Crippen molar-refractivity contribution in [3.8, 4) is 0 Å². The Hall–Kier alpha value is -2.70. The van der Waals surface area contributed by atoms with Crippen LogP contribution in [0, 0.1) is 17.0 Å². The zero-order valence-electron chi connectivity index (χ0n) is 10.2. The highest BCUT2D eigenvalue weighted by Gasteiger charge is 2.22. The molecule has 98 valence electrons. The van der Waals surface area contributed by atoms with Gasteiger partial charge in [-0.2, -0.15) is 5.10 Å². The first-order chi connectivity index (χ1) is 9.00. The van der Waals surface area contributed by atoms with Crippen molar-refractivity contribution in [1.29, 1.82) is 0 Å². The third-order valence-corrected chi connectivity index (χ3v) is 2.69. The van der Waals surface area contributed by atoms with Gasteiger partial charge in [0.15, 0.2) is 5.69 Å². The highest BCUT2D eigenvalue weighted by Crippen LogP contribution is 2.19. The van der Waals surface area contributed by atoms with E-state index in [2.05, 4.69) is 5.10 Å². The van der Waals surface area contributed by atoms with Crippen LogP contribution in [0.2, 0.25) is 0 Å². The summed E-state index contributed by atoms with van der Waals surface area (Å²) in [5, 5.41) is 14.7. The first kappa shape index (κ1) is 12.7. The molecule has 0 unspecified atom stereocenters. The van der Waals surface area contributed by atoms with E-state index in [9.17, 15) is 14.9 Å². The summed E-state index contributed by atoms with van der Waals surface area (Å²) in [6.45, 7) is 1.68. The van der Waals surface area contributed by atoms with Crippen LogP contribution in [0.5, 0.6) is 0 Å². The van der Waals surface area contributed by atoms with Crippen molar-refractivity contribution in [1.82, 2.24) is 9.78 Å². The van der Waals surface area contributed by atoms with E-state index < -0.39 is 16.2 Å². The van der Waals surface area contributed by atoms with Crippen LogP contribution in [0.3, 0.4) is 0 Å². The maximum Gasteiger partial charge on any atom is 0.320 e. The van der Waals surface area contributed by atoms with Gasteiger partial charge in [-0.25, -0.2) is 4.68 Å². The molecule has 0 spiro atoms. The smallest absolute Gasteiger partial charge is 0.320 e. The number of aromatic nitrogens is 2.